The van der Waals surface area contributed by atoms with E-state index in [4.69, 9.17) is 4.98 Å². The van der Waals surface area contributed by atoms with Crippen molar-refractivity contribution in [2.24, 2.45) is 0 Å². The number of hydrogen-bond acceptors (Lipinski definition) is 5. The highest BCUT2D eigenvalue weighted by Gasteiger charge is 2.26. The van der Waals surface area contributed by atoms with Gasteiger partial charge in [0.05, 0.1) is 11.6 Å². The highest BCUT2D eigenvalue weighted by molar-refractivity contribution is 6.04. The van der Waals surface area contributed by atoms with Gasteiger partial charge in [0.2, 0.25) is 0 Å². The number of fused-ring (bicyclic) bond motifs is 2. The van der Waals surface area contributed by atoms with Crippen molar-refractivity contribution >= 4 is 16.8 Å². The third-order valence-corrected chi connectivity index (χ3v) is 5.34. The summed E-state index contributed by atoms with van der Waals surface area (Å²) in [4.78, 5) is 26.4. The Bertz CT molecular complexity index is 1200. The van der Waals surface area contributed by atoms with Crippen molar-refractivity contribution in [2.75, 3.05) is 0 Å². The molecule has 1 aliphatic rings. The van der Waals surface area contributed by atoms with Gasteiger partial charge in [0.15, 0.2) is 11.5 Å². The number of hydrogen-bond donors (Lipinski definition) is 2. The monoisotopic (exact) mass is 384 g/mol. The smallest absolute Gasteiger partial charge is 0.272 e. The van der Waals surface area contributed by atoms with Crippen LogP contribution in [0.2, 0.25) is 0 Å². The lowest BCUT2D eigenvalue weighted by molar-refractivity contribution is 0.0929. The lowest BCUT2D eigenvalue weighted by Crippen LogP contribution is -2.32. The predicted octanol–water partition coefficient (Wildman–Crippen LogP) is 3.53. The molecule has 7 heteroatoms. The van der Waals surface area contributed by atoms with Crippen molar-refractivity contribution in [2.45, 2.75) is 32.2 Å². The van der Waals surface area contributed by atoms with Crippen molar-refractivity contribution in [1.29, 1.82) is 0 Å². The number of carbonyl (C=O) groups excluding carboxylic acids is 1. The van der Waals surface area contributed by atoms with Crippen molar-refractivity contribution in [3.63, 3.8) is 0 Å². The first-order valence-corrected chi connectivity index (χ1v) is 9.71. The summed E-state index contributed by atoms with van der Waals surface area (Å²) in [5, 5.41) is 11.1. The molecule has 5 rings (SSSR count). The summed E-state index contributed by atoms with van der Waals surface area (Å²) in [6.45, 7) is 2.00. The number of aromatic nitrogens is 5. The molecular weight excluding hydrogens is 364 g/mol. The van der Waals surface area contributed by atoms with E-state index in [9.17, 15) is 4.79 Å². The SMILES string of the molecule is Cc1ccc2[nH]nc(C(=O)NC3CCCc4nc(-c5cccnc5)ncc43)c2c1. The van der Waals surface area contributed by atoms with Crippen LogP contribution in [0.1, 0.15) is 46.2 Å². The number of nitrogens with one attached hydrogen (secondary N) is 2. The summed E-state index contributed by atoms with van der Waals surface area (Å²) in [6, 6.07) is 9.62. The minimum atomic E-state index is -0.184. The van der Waals surface area contributed by atoms with E-state index in [0.29, 0.717) is 11.5 Å². The van der Waals surface area contributed by atoms with Gasteiger partial charge in [-0.25, -0.2) is 9.97 Å². The summed E-state index contributed by atoms with van der Waals surface area (Å²) in [7, 11) is 0. The van der Waals surface area contributed by atoms with Crippen LogP contribution in [0.15, 0.2) is 48.9 Å². The van der Waals surface area contributed by atoms with E-state index in [-0.39, 0.29) is 11.9 Å². The average Bonchev–Trinajstić information content (AvgIpc) is 3.17. The molecule has 0 bridgehead atoms. The topological polar surface area (TPSA) is 96.5 Å². The van der Waals surface area contributed by atoms with Gasteiger partial charge >= 0.3 is 0 Å². The molecule has 1 aromatic carbocycles. The first-order valence-electron chi connectivity index (χ1n) is 9.71. The van der Waals surface area contributed by atoms with Gasteiger partial charge in [-0.1, -0.05) is 11.6 Å². The molecule has 4 aromatic rings. The van der Waals surface area contributed by atoms with Crippen LogP contribution in [0, 0.1) is 6.92 Å². The van der Waals surface area contributed by atoms with E-state index >= 15 is 0 Å². The van der Waals surface area contributed by atoms with Gasteiger partial charge in [-0.05, 0) is 50.5 Å². The molecule has 0 aliphatic heterocycles. The second-order valence-electron chi connectivity index (χ2n) is 7.38. The van der Waals surface area contributed by atoms with Crippen molar-refractivity contribution in [3.05, 3.63) is 71.4 Å². The van der Waals surface area contributed by atoms with Gasteiger partial charge in [0.25, 0.3) is 5.91 Å². The standard InChI is InChI=1S/C22H20N6O/c1-13-7-8-19-15(10-13)20(28-27-19)22(29)26-18-6-2-5-17-16(18)12-24-21(25-17)14-4-3-9-23-11-14/h3-4,7-12,18H,2,5-6H2,1H3,(H,26,29)(H,27,28). The quantitative estimate of drug-likeness (QED) is 0.563. The maximum absolute atomic E-state index is 13.0. The second-order valence-corrected chi connectivity index (χ2v) is 7.38. The highest BCUT2D eigenvalue weighted by Crippen LogP contribution is 2.30. The zero-order chi connectivity index (χ0) is 19.8. The van der Waals surface area contributed by atoms with Gasteiger partial charge in [-0.2, -0.15) is 5.10 Å². The van der Waals surface area contributed by atoms with Gasteiger partial charge in [-0.3, -0.25) is 14.9 Å². The average molecular weight is 384 g/mol. The van der Waals surface area contributed by atoms with Crippen LogP contribution in [0.3, 0.4) is 0 Å². The lowest BCUT2D eigenvalue weighted by atomic mass is 9.92. The molecule has 1 aliphatic carbocycles. The van der Waals surface area contributed by atoms with Crippen molar-refractivity contribution in [3.8, 4) is 11.4 Å². The fraction of sp³-hybridized carbons (Fsp3) is 0.227. The molecule has 3 heterocycles. The van der Waals surface area contributed by atoms with Crippen LogP contribution in [0.4, 0.5) is 0 Å². The highest BCUT2D eigenvalue weighted by atomic mass is 16.2. The van der Waals surface area contributed by atoms with Crippen LogP contribution in [-0.4, -0.2) is 31.1 Å². The Kier molecular flexibility index (Phi) is 4.27. The van der Waals surface area contributed by atoms with E-state index in [1.165, 1.54) is 0 Å². The molecule has 7 nitrogen and oxygen atoms in total. The minimum absolute atomic E-state index is 0.120. The van der Waals surface area contributed by atoms with E-state index in [1.54, 1.807) is 12.4 Å². The normalized spacial score (nSPS) is 15.8. The second kappa shape index (κ2) is 7.09. The Morgan fingerprint density at radius 1 is 1.24 bits per heavy atom. The number of benzene rings is 1. The number of nitrogens with zero attached hydrogens (tertiary/aromatic N) is 4. The Hall–Kier alpha value is -3.61. The Morgan fingerprint density at radius 3 is 3.03 bits per heavy atom. The molecule has 1 atom stereocenters. The molecule has 144 valence electrons. The number of rotatable bonds is 3. The van der Waals surface area contributed by atoms with Crippen molar-refractivity contribution < 1.29 is 4.79 Å². The molecule has 3 aromatic heterocycles. The number of H-pyrrole nitrogens is 1. The van der Waals surface area contributed by atoms with Gasteiger partial charge in [0.1, 0.15) is 0 Å². The van der Waals surface area contributed by atoms with E-state index in [0.717, 1.165) is 52.5 Å². The molecule has 1 unspecified atom stereocenters. The fourth-order valence-electron chi connectivity index (χ4n) is 3.86. The molecule has 0 spiro atoms. The largest absolute Gasteiger partial charge is 0.344 e. The van der Waals surface area contributed by atoms with Crippen LogP contribution in [0.5, 0.6) is 0 Å². The maximum Gasteiger partial charge on any atom is 0.272 e. The Balaban J connectivity index is 1.43. The molecule has 29 heavy (non-hydrogen) atoms. The number of aryl methyl sites for hydroxylation is 2. The molecule has 0 saturated heterocycles. The summed E-state index contributed by atoms with van der Waals surface area (Å²) >= 11 is 0. The first-order chi connectivity index (χ1) is 14.2. The summed E-state index contributed by atoms with van der Waals surface area (Å²) in [5.41, 5.74) is 5.22. The predicted molar refractivity (Wildman–Crippen MR) is 109 cm³/mol. The van der Waals surface area contributed by atoms with Crippen LogP contribution in [-0.2, 0) is 6.42 Å². The van der Waals surface area contributed by atoms with E-state index in [2.05, 4.69) is 25.5 Å². The fourth-order valence-corrected chi connectivity index (χ4v) is 3.86. The Labute approximate surface area is 167 Å². The van der Waals surface area contributed by atoms with Gasteiger partial charge in [-0.15, -0.1) is 0 Å². The molecular formula is C22H20N6O. The molecule has 1 amide bonds. The molecule has 0 saturated carbocycles. The molecule has 0 fully saturated rings. The Morgan fingerprint density at radius 2 is 2.17 bits per heavy atom. The number of aromatic amines is 1. The molecule has 2 N–H and O–H groups in total. The van der Waals surface area contributed by atoms with Crippen molar-refractivity contribution in [1.82, 2.24) is 30.5 Å². The van der Waals surface area contributed by atoms with Gasteiger partial charge in [0, 0.05) is 40.8 Å². The third-order valence-electron chi connectivity index (χ3n) is 5.34. The van der Waals surface area contributed by atoms with Gasteiger partial charge < -0.3 is 5.32 Å². The zero-order valence-corrected chi connectivity index (χ0v) is 16.0. The summed E-state index contributed by atoms with van der Waals surface area (Å²) in [6.07, 6.45) is 8.02. The van der Waals surface area contributed by atoms with Crippen LogP contribution in [0.25, 0.3) is 22.3 Å². The van der Waals surface area contributed by atoms with Crippen LogP contribution < -0.4 is 5.32 Å². The molecule has 0 radical (unpaired) electrons. The summed E-state index contributed by atoms with van der Waals surface area (Å²) < 4.78 is 0. The number of pyridine rings is 1. The maximum atomic E-state index is 13.0. The minimum Gasteiger partial charge on any atom is -0.344 e. The van der Waals surface area contributed by atoms with E-state index < -0.39 is 0 Å². The summed E-state index contributed by atoms with van der Waals surface area (Å²) in [5.74, 6) is 0.480. The van der Waals surface area contributed by atoms with Crippen LogP contribution >= 0.6 is 0 Å². The lowest BCUT2D eigenvalue weighted by Gasteiger charge is -2.25. The zero-order valence-electron chi connectivity index (χ0n) is 16.0. The van der Waals surface area contributed by atoms with E-state index in [1.807, 2.05) is 43.5 Å². The number of carbonyl (C=O) groups is 1. The number of amides is 1. The first kappa shape index (κ1) is 17.5. The third kappa shape index (κ3) is 3.24.